The third kappa shape index (κ3) is 3.54. The zero-order valence-corrected chi connectivity index (χ0v) is 12.6. The molecule has 0 bridgehead atoms. The molecule has 0 fully saturated rings. The van der Waals surface area contributed by atoms with Crippen LogP contribution in [0.2, 0.25) is 0 Å². The van der Waals surface area contributed by atoms with E-state index in [4.69, 9.17) is 10.2 Å². The summed E-state index contributed by atoms with van der Waals surface area (Å²) < 4.78 is 24.6. The van der Waals surface area contributed by atoms with E-state index in [1.54, 1.807) is 0 Å². The molecule has 2 N–H and O–H groups in total. The summed E-state index contributed by atoms with van der Waals surface area (Å²) in [4.78, 5) is 21.3. The Balaban J connectivity index is 0.00000242. The van der Waals surface area contributed by atoms with Gasteiger partial charge in [-0.2, -0.15) is 0 Å². The van der Waals surface area contributed by atoms with E-state index < -0.39 is 21.8 Å². The molecule has 0 amide bonds. The Hall–Kier alpha value is -2.15. The van der Waals surface area contributed by atoms with Crippen LogP contribution in [0.1, 0.15) is 20.7 Å². The van der Waals surface area contributed by atoms with Gasteiger partial charge in [0, 0.05) is 17.1 Å². The molecule has 2 aromatic rings. The van der Waals surface area contributed by atoms with Crippen molar-refractivity contribution in [3.05, 3.63) is 59.7 Å². The van der Waals surface area contributed by atoms with Crippen LogP contribution < -0.4 is 0 Å². The number of rotatable bonds is 4. The van der Waals surface area contributed by atoms with E-state index in [1.165, 1.54) is 48.5 Å². The molecule has 0 aliphatic heterocycles. The van der Waals surface area contributed by atoms with Gasteiger partial charge in [-0.3, -0.25) is 0 Å². The Kier molecular flexibility index (Phi) is 5.48. The molecule has 0 aromatic heterocycles. The van der Waals surface area contributed by atoms with Crippen LogP contribution in [-0.4, -0.2) is 30.6 Å². The maximum Gasteiger partial charge on any atom is 0.335 e. The maximum absolute atomic E-state index is 12.3. The summed E-state index contributed by atoms with van der Waals surface area (Å²) in [5, 5.41) is 17.5. The first kappa shape index (κ1) is 17.9. The molecule has 8 heteroatoms. The van der Waals surface area contributed by atoms with E-state index in [2.05, 4.69) is 0 Å². The first-order valence-corrected chi connectivity index (χ1v) is 7.22. The van der Waals surface area contributed by atoms with Crippen LogP contribution in [0.15, 0.2) is 58.3 Å². The minimum absolute atomic E-state index is 0. The van der Waals surface area contributed by atoms with Gasteiger partial charge in [0.25, 0.3) is 0 Å². The summed E-state index contributed by atoms with van der Waals surface area (Å²) in [6.07, 6.45) is 0. The molecule has 0 heterocycles. The van der Waals surface area contributed by atoms with Gasteiger partial charge in [-0.25, -0.2) is 18.0 Å². The standard InChI is InChI=1S/C14H10O6S.Cu/c15-13(16)9-1-5-11(6-2-9)21(19,20)12-7-3-10(4-8-12)14(17)18;/h1-8H,(H,15,16)(H,17,18);. The van der Waals surface area contributed by atoms with E-state index in [9.17, 15) is 18.0 Å². The summed E-state index contributed by atoms with van der Waals surface area (Å²) in [5.74, 6) is -2.30. The minimum Gasteiger partial charge on any atom is -0.478 e. The monoisotopic (exact) mass is 369 g/mol. The molecule has 0 saturated heterocycles. The van der Waals surface area contributed by atoms with Gasteiger partial charge in [-0.1, -0.05) is 0 Å². The Bertz CT molecular complexity index is 731. The SMILES string of the molecule is O=C(O)c1ccc(S(=O)(=O)c2ccc(C(=O)O)cc2)cc1.[Cu]. The van der Waals surface area contributed by atoms with Gasteiger partial charge in [0.15, 0.2) is 0 Å². The minimum atomic E-state index is -3.81. The van der Waals surface area contributed by atoms with Crippen LogP contribution in [0.5, 0.6) is 0 Å². The van der Waals surface area contributed by atoms with Crippen LogP contribution in [-0.2, 0) is 26.9 Å². The molecule has 119 valence electrons. The molecule has 0 saturated carbocycles. The summed E-state index contributed by atoms with van der Waals surface area (Å²) in [6, 6.07) is 9.57. The fraction of sp³-hybridized carbons (Fsp3) is 0. The summed E-state index contributed by atoms with van der Waals surface area (Å²) in [5.41, 5.74) is -0.0367. The quantitative estimate of drug-likeness (QED) is 0.797. The third-order valence-electron chi connectivity index (χ3n) is 2.82. The number of carboxylic acids is 2. The average Bonchev–Trinajstić information content (AvgIpc) is 2.47. The van der Waals surface area contributed by atoms with Crippen LogP contribution in [0.3, 0.4) is 0 Å². The molecule has 2 rings (SSSR count). The van der Waals surface area contributed by atoms with Crippen molar-refractivity contribution >= 4 is 21.8 Å². The van der Waals surface area contributed by atoms with Crippen molar-refractivity contribution in [1.82, 2.24) is 0 Å². The van der Waals surface area contributed by atoms with Gasteiger partial charge in [0.1, 0.15) is 0 Å². The van der Waals surface area contributed by atoms with Crippen LogP contribution in [0.25, 0.3) is 0 Å². The number of carbonyl (C=O) groups is 2. The Morgan fingerprint density at radius 2 is 0.955 bits per heavy atom. The third-order valence-corrected chi connectivity index (χ3v) is 4.61. The molecule has 0 aliphatic rings. The molecule has 2 aromatic carbocycles. The van der Waals surface area contributed by atoms with Crippen molar-refractivity contribution in [3.8, 4) is 0 Å². The van der Waals surface area contributed by atoms with Crippen molar-refractivity contribution in [3.63, 3.8) is 0 Å². The van der Waals surface area contributed by atoms with Gasteiger partial charge >= 0.3 is 11.9 Å². The fourth-order valence-corrected chi connectivity index (χ4v) is 2.95. The molecule has 0 atom stereocenters. The first-order valence-electron chi connectivity index (χ1n) is 5.74. The molecular weight excluding hydrogens is 360 g/mol. The fourth-order valence-electron chi connectivity index (χ4n) is 1.69. The van der Waals surface area contributed by atoms with E-state index in [0.29, 0.717) is 0 Å². The molecule has 22 heavy (non-hydrogen) atoms. The van der Waals surface area contributed by atoms with Crippen molar-refractivity contribution < 1.29 is 45.3 Å². The van der Waals surface area contributed by atoms with E-state index in [-0.39, 0.29) is 38.0 Å². The Morgan fingerprint density at radius 1 is 0.682 bits per heavy atom. The van der Waals surface area contributed by atoms with Gasteiger partial charge in [-0.05, 0) is 48.5 Å². The van der Waals surface area contributed by atoms with E-state index in [1.807, 2.05) is 0 Å². The second-order valence-corrected chi connectivity index (χ2v) is 6.11. The van der Waals surface area contributed by atoms with E-state index in [0.717, 1.165) is 0 Å². The average molecular weight is 370 g/mol. The van der Waals surface area contributed by atoms with E-state index >= 15 is 0 Å². The normalized spacial score (nSPS) is 10.5. The summed E-state index contributed by atoms with van der Waals surface area (Å²) >= 11 is 0. The second kappa shape index (κ2) is 6.74. The first-order chi connectivity index (χ1) is 9.82. The number of carboxylic acid groups (broad SMARTS) is 2. The molecule has 0 spiro atoms. The number of benzene rings is 2. The smallest absolute Gasteiger partial charge is 0.335 e. The number of hydrogen-bond acceptors (Lipinski definition) is 4. The zero-order chi connectivity index (χ0) is 15.6. The maximum atomic E-state index is 12.3. The molecule has 1 radical (unpaired) electrons. The zero-order valence-electron chi connectivity index (χ0n) is 10.9. The number of hydrogen-bond donors (Lipinski definition) is 2. The van der Waals surface area contributed by atoms with Crippen molar-refractivity contribution in [1.29, 1.82) is 0 Å². The summed E-state index contributed by atoms with van der Waals surface area (Å²) in [6.45, 7) is 0. The molecule has 0 unspecified atom stereocenters. The molecule has 0 aliphatic carbocycles. The van der Waals surface area contributed by atoms with Gasteiger partial charge in [-0.15, -0.1) is 0 Å². The van der Waals surface area contributed by atoms with Crippen molar-refractivity contribution in [2.24, 2.45) is 0 Å². The van der Waals surface area contributed by atoms with Crippen molar-refractivity contribution in [2.75, 3.05) is 0 Å². The Labute approximate surface area is 136 Å². The topological polar surface area (TPSA) is 109 Å². The predicted molar refractivity (Wildman–Crippen MR) is 72.3 cm³/mol. The van der Waals surface area contributed by atoms with Crippen LogP contribution in [0, 0.1) is 0 Å². The van der Waals surface area contributed by atoms with Gasteiger partial charge < -0.3 is 10.2 Å². The van der Waals surface area contributed by atoms with Crippen molar-refractivity contribution in [2.45, 2.75) is 9.79 Å². The van der Waals surface area contributed by atoms with Gasteiger partial charge in [0.2, 0.25) is 9.84 Å². The van der Waals surface area contributed by atoms with Crippen LogP contribution in [0.4, 0.5) is 0 Å². The number of sulfone groups is 1. The molecular formula is C14H10CuO6S. The summed E-state index contributed by atoms with van der Waals surface area (Å²) in [7, 11) is -3.81. The predicted octanol–water partition coefficient (Wildman–Crippen LogP) is 1.91. The molecule has 6 nitrogen and oxygen atoms in total. The van der Waals surface area contributed by atoms with Crippen LogP contribution >= 0.6 is 0 Å². The Morgan fingerprint density at radius 3 is 1.18 bits per heavy atom. The second-order valence-electron chi connectivity index (χ2n) is 4.16. The van der Waals surface area contributed by atoms with Gasteiger partial charge in [0.05, 0.1) is 20.9 Å². The number of aromatic carboxylic acids is 2. The largest absolute Gasteiger partial charge is 0.478 e.